The first-order valence-corrected chi connectivity index (χ1v) is 4.99. The van der Waals surface area contributed by atoms with Crippen molar-refractivity contribution in [3.8, 4) is 11.7 Å². The summed E-state index contributed by atoms with van der Waals surface area (Å²) in [6.45, 7) is 1.69. The van der Waals surface area contributed by atoms with Crippen LogP contribution in [0.1, 0.15) is 16.3 Å². The average molecular weight is 249 g/mol. The lowest BCUT2D eigenvalue weighted by atomic mass is 10.4. The molecule has 3 N–H and O–H groups in total. The fourth-order valence-corrected chi connectivity index (χ4v) is 1.42. The first-order chi connectivity index (χ1) is 8.51. The lowest BCUT2D eigenvalue weighted by Gasteiger charge is -2.04. The summed E-state index contributed by atoms with van der Waals surface area (Å²) in [5.74, 6) is 0.0429. The molecule has 0 saturated heterocycles. The van der Waals surface area contributed by atoms with Gasteiger partial charge >= 0.3 is 5.97 Å². The van der Waals surface area contributed by atoms with Crippen LogP contribution in [0.3, 0.4) is 0 Å². The molecule has 0 fully saturated rings. The molecule has 0 radical (unpaired) electrons. The second kappa shape index (κ2) is 4.32. The summed E-state index contributed by atoms with van der Waals surface area (Å²) in [4.78, 5) is 19.0. The Morgan fingerprint density at radius 3 is 2.78 bits per heavy atom. The minimum Gasteiger partial charge on any atom is -0.481 e. The van der Waals surface area contributed by atoms with Crippen molar-refractivity contribution in [2.75, 3.05) is 12.8 Å². The number of anilines is 1. The molecular formula is C10H11N5O3. The van der Waals surface area contributed by atoms with E-state index in [-0.39, 0.29) is 11.4 Å². The fraction of sp³-hybridized carbons (Fsp3) is 0.200. The maximum Gasteiger partial charge on any atom is 0.358 e. The fourth-order valence-electron chi connectivity index (χ4n) is 1.42. The summed E-state index contributed by atoms with van der Waals surface area (Å²) in [5.41, 5.74) is 5.40. The van der Waals surface area contributed by atoms with E-state index in [1.165, 1.54) is 24.1 Å². The lowest BCUT2D eigenvalue weighted by Crippen LogP contribution is -2.05. The van der Waals surface area contributed by atoms with Crippen molar-refractivity contribution in [2.24, 2.45) is 0 Å². The van der Waals surface area contributed by atoms with Crippen LogP contribution in [0, 0.1) is 6.92 Å². The van der Waals surface area contributed by atoms with Gasteiger partial charge in [-0.15, -0.1) is 0 Å². The highest BCUT2D eigenvalue weighted by Crippen LogP contribution is 2.16. The van der Waals surface area contributed by atoms with Gasteiger partial charge in [0.2, 0.25) is 5.88 Å². The van der Waals surface area contributed by atoms with Crippen molar-refractivity contribution in [3.63, 3.8) is 0 Å². The molecule has 2 rings (SSSR count). The number of aromatic nitrogens is 4. The van der Waals surface area contributed by atoms with Gasteiger partial charge in [0, 0.05) is 6.07 Å². The van der Waals surface area contributed by atoms with Crippen LogP contribution in [-0.4, -0.2) is 37.9 Å². The number of aromatic carboxylic acids is 1. The summed E-state index contributed by atoms with van der Waals surface area (Å²) in [5, 5.41) is 12.7. The molecule has 2 aromatic rings. The molecule has 2 aromatic heterocycles. The highest BCUT2D eigenvalue weighted by atomic mass is 16.5. The van der Waals surface area contributed by atoms with E-state index < -0.39 is 5.97 Å². The molecule has 0 aliphatic heterocycles. The van der Waals surface area contributed by atoms with E-state index in [4.69, 9.17) is 15.6 Å². The van der Waals surface area contributed by atoms with Gasteiger partial charge in [-0.3, -0.25) is 0 Å². The number of methoxy groups -OCH3 is 1. The Balaban J connectivity index is 2.51. The zero-order valence-electron chi connectivity index (χ0n) is 9.78. The topological polar surface area (TPSA) is 116 Å². The van der Waals surface area contributed by atoms with E-state index in [2.05, 4.69) is 15.1 Å². The molecule has 18 heavy (non-hydrogen) atoms. The van der Waals surface area contributed by atoms with Gasteiger partial charge in [0.15, 0.2) is 11.5 Å². The highest BCUT2D eigenvalue weighted by Gasteiger charge is 2.15. The monoisotopic (exact) mass is 249 g/mol. The number of nitrogens with two attached hydrogens (primary N) is 1. The smallest absolute Gasteiger partial charge is 0.358 e. The van der Waals surface area contributed by atoms with Crippen molar-refractivity contribution < 1.29 is 14.6 Å². The minimum absolute atomic E-state index is 0.0673. The van der Waals surface area contributed by atoms with Crippen molar-refractivity contribution in [1.29, 1.82) is 0 Å². The molecule has 0 unspecified atom stereocenters. The highest BCUT2D eigenvalue weighted by molar-refractivity contribution is 5.91. The van der Waals surface area contributed by atoms with Gasteiger partial charge < -0.3 is 15.6 Å². The van der Waals surface area contributed by atoms with Crippen LogP contribution < -0.4 is 10.5 Å². The number of nitrogens with zero attached hydrogens (tertiary/aromatic N) is 4. The van der Waals surface area contributed by atoms with Gasteiger partial charge in [-0.25, -0.2) is 14.5 Å². The maximum absolute atomic E-state index is 10.8. The molecule has 8 nitrogen and oxygen atoms in total. The number of hydrogen-bond donors (Lipinski definition) is 2. The van der Waals surface area contributed by atoms with Crippen LogP contribution in [0.4, 0.5) is 5.69 Å². The third-order valence-electron chi connectivity index (χ3n) is 2.19. The summed E-state index contributed by atoms with van der Waals surface area (Å²) in [6, 6.07) is 1.53. The number of carboxylic acid groups (broad SMARTS) is 1. The number of ether oxygens (including phenoxy) is 1. The van der Waals surface area contributed by atoms with Crippen molar-refractivity contribution in [1.82, 2.24) is 19.7 Å². The molecular weight excluding hydrogens is 238 g/mol. The van der Waals surface area contributed by atoms with Gasteiger partial charge in [-0.2, -0.15) is 10.1 Å². The number of aryl methyl sites for hydroxylation is 1. The third-order valence-corrected chi connectivity index (χ3v) is 2.19. The zero-order chi connectivity index (χ0) is 13.3. The Morgan fingerprint density at radius 1 is 1.50 bits per heavy atom. The molecule has 0 bridgehead atoms. The Labute approximate surface area is 102 Å². The predicted molar refractivity (Wildman–Crippen MR) is 61.8 cm³/mol. The van der Waals surface area contributed by atoms with Crippen molar-refractivity contribution >= 4 is 11.7 Å². The van der Waals surface area contributed by atoms with E-state index in [1.807, 2.05) is 0 Å². The largest absolute Gasteiger partial charge is 0.481 e. The molecule has 0 atom stereocenters. The SMILES string of the molecule is COc1cc(-n2cc(N)c(C(=O)O)n2)nc(C)n1. The van der Waals surface area contributed by atoms with Gasteiger partial charge in [0.25, 0.3) is 0 Å². The van der Waals surface area contributed by atoms with E-state index in [0.29, 0.717) is 17.5 Å². The molecule has 2 heterocycles. The summed E-state index contributed by atoms with van der Waals surface area (Å²) >= 11 is 0. The van der Waals surface area contributed by atoms with Crippen molar-refractivity contribution in [2.45, 2.75) is 6.92 Å². The van der Waals surface area contributed by atoms with Gasteiger partial charge in [-0.05, 0) is 6.92 Å². The van der Waals surface area contributed by atoms with E-state index in [1.54, 1.807) is 6.92 Å². The predicted octanol–water partition coefficient (Wildman–Crippen LogP) is 0.260. The second-order valence-electron chi connectivity index (χ2n) is 3.50. The van der Waals surface area contributed by atoms with E-state index >= 15 is 0 Å². The Bertz CT molecular complexity index is 608. The van der Waals surface area contributed by atoms with Crippen molar-refractivity contribution in [3.05, 3.63) is 23.8 Å². The van der Waals surface area contributed by atoms with Crippen LogP contribution in [0.15, 0.2) is 12.3 Å². The molecule has 0 spiro atoms. The zero-order valence-corrected chi connectivity index (χ0v) is 9.78. The number of nitrogen functional groups attached to an aromatic ring is 1. The normalized spacial score (nSPS) is 10.3. The lowest BCUT2D eigenvalue weighted by molar-refractivity contribution is 0.0691. The van der Waals surface area contributed by atoms with E-state index in [0.717, 1.165) is 0 Å². The maximum atomic E-state index is 10.8. The van der Waals surface area contributed by atoms with Gasteiger partial charge in [0.05, 0.1) is 19.0 Å². The minimum atomic E-state index is -1.19. The Kier molecular flexibility index (Phi) is 2.84. The average Bonchev–Trinajstić information content (AvgIpc) is 2.70. The molecule has 0 amide bonds. The second-order valence-corrected chi connectivity index (χ2v) is 3.50. The first-order valence-electron chi connectivity index (χ1n) is 4.99. The summed E-state index contributed by atoms with van der Waals surface area (Å²) in [7, 11) is 1.48. The van der Waals surface area contributed by atoms with Crippen LogP contribution >= 0.6 is 0 Å². The standard InChI is InChI=1S/C10H11N5O3/c1-5-12-7(3-8(13-5)18-2)15-4-6(11)9(14-15)10(16)17/h3-4H,11H2,1-2H3,(H,16,17). The number of carboxylic acids is 1. The van der Waals surface area contributed by atoms with Gasteiger partial charge in [0.1, 0.15) is 5.82 Å². The Morgan fingerprint density at radius 2 is 2.22 bits per heavy atom. The number of carbonyl (C=O) groups is 1. The molecule has 0 aromatic carbocycles. The first kappa shape index (κ1) is 11.8. The molecule has 0 aliphatic rings. The van der Waals surface area contributed by atoms with Crippen LogP contribution in [-0.2, 0) is 0 Å². The van der Waals surface area contributed by atoms with Crippen LogP contribution in [0.25, 0.3) is 5.82 Å². The summed E-state index contributed by atoms with van der Waals surface area (Å²) in [6.07, 6.45) is 1.38. The van der Waals surface area contributed by atoms with E-state index in [9.17, 15) is 4.79 Å². The Hall–Kier alpha value is -2.64. The summed E-state index contributed by atoms with van der Waals surface area (Å²) < 4.78 is 6.28. The molecule has 94 valence electrons. The van der Waals surface area contributed by atoms with Crippen LogP contribution in [0.5, 0.6) is 5.88 Å². The third kappa shape index (κ3) is 2.08. The molecule has 0 aliphatic carbocycles. The number of hydrogen-bond acceptors (Lipinski definition) is 6. The quantitative estimate of drug-likeness (QED) is 0.801. The van der Waals surface area contributed by atoms with Crippen LogP contribution in [0.2, 0.25) is 0 Å². The molecule has 8 heteroatoms. The van der Waals surface area contributed by atoms with Gasteiger partial charge in [-0.1, -0.05) is 0 Å². The molecule has 0 saturated carbocycles. The number of rotatable bonds is 3.